The zero-order valence-corrected chi connectivity index (χ0v) is 12.7. The third kappa shape index (κ3) is 3.08. The molecule has 1 heterocycles. The van der Waals surface area contributed by atoms with Gasteiger partial charge in [0.15, 0.2) is 0 Å². The van der Waals surface area contributed by atoms with Gasteiger partial charge < -0.3 is 15.4 Å². The minimum absolute atomic E-state index is 0.116. The summed E-state index contributed by atoms with van der Waals surface area (Å²) in [6.45, 7) is 1.54. The third-order valence-corrected chi connectivity index (χ3v) is 4.04. The van der Waals surface area contributed by atoms with Gasteiger partial charge in [-0.25, -0.2) is 0 Å². The summed E-state index contributed by atoms with van der Waals surface area (Å²) in [5, 5.41) is 0.320. The second kappa shape index (κ2) is 6.38. The smallest absolute Gasteiger partial charge is 0.255 e. The van der Waals surface area contributed by atoms with Crippen molar-refractivity contribution in [3.63, 3.8) is 0 Å². The molecular weight excluding hydrogens is 300 g/mol. The topological polar surface area (TPSA) is 53.3 Å². The summed E-state index contributed by atoms with van der Waals surface area (Å²) in [5.74, 6) is -0.116. The molecule has 5 heteroatoms. The van der Waals surface area contributed by atoms with Crippen molar-refractivity contribution >= 4 is 23.2 Å². The van der Waals surface area contributed by atoms with Gasteiger partial charge >= 0.3 is 0 Å². The second-order valence-electron chi connectivity index (χ2n) is 5.22. The van der Waals surface area contributed by atoms with Crippen LogP contribution in [0.2, 0.25) is 5.02 Å². The fraction of sp³-hybridized carbons (Fsp3) is 0.235. The monoisotopic (exact) mass is 315 g/mol. The molecule has 2 aromatic rings. The molecule has 3 rings (SSSR count). The fourth-order valence-corrected chi connectivity index (χ4v) is 2.82. The van der Waals surface area contributed by atoms with Crippen LogP contribution in [0, 0.1) is 0 Å². The fourth-order valence-electron chi connectivity index (χ4n) is 2.56. The molecule has 0 aliphatic carbocycles. The van der Waals surface area contributed by atoms with Crippen LogP contribution in [0.5, 0.6) is 0 Å². The summed E-state index contributed by atoms with van der Waals surface area (Å²) < 4.78 is 5.77. The summed E-state index contributed by atoms with van der Waals surface area (Å²) in [4.78, 5) is 14.4. The molecule has 2 aromatic carbocycles. The predicted octanol–water partition coefficient (Wildman–Crippen LogP) is 3.47. The van der Waals surface area contributed by atoms with Crippen LogP contribution in [-0.4, -0.2) is 30.5 Å². The van der Waals surface area contributed by atoms with Crippen LogP contribution in [0.3, 0.4) is 0 Å². The molecule has 1 atom stereocenters. The Morgan fingerprint density at radius 2 is 2.00 bits per heavy atom. The van der Waals surface area contributed by atoms with E-state index in [9.17, 15) is 4.79 Å². The van der Waals surface area contributed by atoms with Crippen LogP contribution in [-0.2, 0) is 4.74 Å². The molecule has 1 fully saturated rings. The lowest BCUT2D eigenvalue weighted by atomic mass is 10.1. The molecule has 1 radical (unpaired) electrons. The molecule has 0 bridgehead atoms. The van der Waals surface area contributed by atoms with Crippen molar-refractivity contribution in [2.45, 2.75) is 6.10 Å². The number of amides is 1. The van der Waals surface area contributed by atoms with Crippen molar-refractivity contribution in [2.24, 2.45) is 0 Å². The summed E-state index contributed by atoms with van der Waals surface area (Å²) in [5.41, 5.74) is 9.33. The van der Waals surface area contributed by atoms with Gasteiger partial charge in [0, 0.05) is 6.54 Å². The highest BCUT2D eigenvalue weighted by Crippen LogP contribution is 2.26. The number of carbonyl (C=O) groups excluding carboxylic acids is 1. The molecule has 1 aliphatic rings. The van der Waals surface area contributed by atoms with Gasteiger partial charge in [-0.3, -0.25) is 4.79 Å². The van der Waals surface area contributed by atoms with E-state index in [0.29, 0.717) is 36.0 Å². The average Bonchev–Trinajstić information content (AvgIpc) is 2.55. The van der Waals surface area contributed by atoms with Gasteiger partial charge in [0.2, 0.25) is 0 Å². The Labute approximate surface area is 134 Å². The number of hydrogen-bond acceptors (Lipinski definition) is 2. The van der Waals surface area contributed by atoms with Gasteiger partial charge in [-0.1, -0.05) is 41.9 Å². The van der Waals surface area contributed by atoms with Crippen LogP contribution in [0.25, 0.3) is 0 Å². The van der Waals surface area contributed by atoms with Gasteiger partial charge in [-0.2, -0.15) is 0 Å². The Morgan fingerprint density at radius 3 is 2.73 bits per heavy atom. The molecular formula is C17H16ClN2O2. The van der Waals surface area contributed by atoms with Crippen LogP contribution < -0.4 is 5.73 Å². The summed E-state index contributed by atoms with van der Waals surface area (Å²) in [7, 11) is 0. The van der Waals surface area contributed by atoms with Gasteiger partial charge in [-0.15, -0.1) is 0 Å². The Kier molecular flexibility index (Phi) is 4.32. The predicted molar refractivity (Wildman–Crippen MR) is 85.2 cm³/mol. The number of morpholine rings is 1. The lowest BCUT2D eigenvalue weighted by Crippen LogP contribution is -2.42. The van der Waals surface area contributed by atoms with E-state index in [4.69, 9.17) is 22.1 Å². The van der Waals surface area contributed by atoms with Gasteiger partial charge in [0.05, 0.1) is 29.4 Å². The molecule has 113 valence electrons. The first-order valence-electron chi connectivity index (χ1n) is 7.12. The molecule has 0 saturated carbocycles. The molecule has 1 N–H and O–H groups in total. The zero-order valence-electron chi connectivity index (χ0n) is 12.0. The van der Waals surface area contributed by atoms with Crippen molar-refractivity contribution in [1.82, 2.24) is 10.6 Å². The van der Waals surface area contributed by atoms with E-state index in [0.717, 1.165) is 5.56 Å². The van der Waals surface area contributed by atoms with Crippen molar-refractivity contribution < 1.29 is 9.53 Å². The third-order valence-electron chi connectivity index (χ3n) is 3.72. The van der Waals surface area contributed by atoms with E-state index in [2.05, 4.69) is 0 Å². The Balaban J connectivity index is 1.78. The maximum Gasteiger partial charge on any atom is 0.255 e. The first kappa shape index (κ1) is 14.9. The van der Waals surface area contributed by atoms with E-state index in [1.807, 2.05) is 30.3 Å². The number of halogens is 1. The first-order chi connectivity index (χ1) is 10.6. The lowest BCUT2D eigenvalue weighted by molar-refractivity contribution is -0.0228. The van der Waals surface area contributed by atoms with E-state index >= 15 is 0 Å². The Bertz CT molecular complexity index is 676. The SMILES string of the molecule is [NH]c1ccc(C(=O)N2CCO[C@@H](c3ccccc3)C2)c(Cl)c1. The standard InChI is InChI=1S/C17H16ClN2O2/c18-15-10-13(19)6-7-14(15)17(21)20-8-9-22-16(11-20)12-4-2-1-3-5-12/h1-7,10,16,19H,8-9,11H2/t16-/m1/s1. The molecule has 1 saturated heterocycles. The van der Waals surface area contributed by atoms with Gasteiger partial charge in [0.1, 0.15) is 6.10 Å². The zero-order chi connectivity index (χ0) is 15.5. The maximum atomic E-state index is 12.6. The van der Waals surface area contributed by atoms with Crippen molar-refractivity contribution in [3.8, 4) is 0 Å². The van der Waals surface area contributed by atoms with Crippen LogP contribution in [0.15, 0.2) is 48.5 Å². The van der Waals surface area contributed by atoms with Crippen LogP contribution >= 0.6 is 11.6 Å². The van der Waals surface area contributed by atoms with Crippen molar-refractivity contribution in [1.29, 1.82) is 0 Å². The number of hydrogen-bond donors (Lipinski definition) is 0. The van der Waals surface area contributed by atoms with Crippen molar-refractivity contribution in [3.05, 3.63) is 64.7 Å². The number of rotatable bonds is 2. The minimum atomic E-state index is -0.117. The minimum Gasteiger partial charge on any atom is -0.370 e. The van der Waals surface area contributed by atoms with Crippen LogP contribution in [0.4, 0.5) is 5.69 Å². The van der Waals surface area contributed by atoms with Gasteiger partial charge in [0.25, 0.3) is 5.91 Å². The number of nitrogens with zero attached hydrogens (tertiary/aromatic N) is 1. The number of carbonyl (C=O) groups is 1. The number of ether oxygens (including phenoxy) is 1. The second-order valence-corrected chi connectivity index (χ2v) is 5.62. The highest BCUT2D eigenvalue weighted by atomic mass is 35.5. The van der Waals surface area contributed by atoms with Gasteiger partial charge in [-0.05, 0) is 23.8 Å². The maximum absolute atomic E-state index is 12.6. The van der Waals surface area contributed by atoms with E-state index < -0.39 is 0 Å². The number of benzene rings is 2. The van der Waals surface area contributed by atoms with E-state index in [1.54, 1.807) is 17.0 Å². The molecule has 0 spiro atoms. The largest absolute Gasteiger partial charge is 0.370 e. The average molecular weight is 316 g/mol. The Morgan fingerprint density at radius 1 is 1.23 bits per heavy atom. The van der Waals surface area contributed by atoms with Crippen molar-refractivity contribution in [2.75, 3.05) is 19.7 Å². The lowest BCUT2D eigenvalue weighted by Gasteiger charge is -2.33. The van der Waals surface area contributed by atoms with E-state index in [-0.39, 0.29) is 12.0 Å². The molecule has 22 heavy (non-hydrogen) atoms. The summed E-state index contributed by atoms with van der Waals surface area (Å²) >= 11 is 6.10. The Hall–Kier alpha value is -2.04. The highest BCUT2D eigenvalue weighted by molar-refractivity contribution is 6.34. The summed E-state index contributed by atoms with van der Waals surface area (Å²) in [6.07, 6.45) is -0.117. The summed E-state index contributed by atoms with van der Waals surface area (Å²) in [6, 6.07) is 14.6. The highest BCUT2D eigenvalue weighted by Gasteiger charge is 2.27. The molecule has 0 unspecified atom stereocenters. The molecule has 0 aromatic heterocycles. The van der Waals surface area contributed by atoms with Crippen LogP contribution in [0.1, 0.15) is 22.0 Å². The number of nitrogens with one attached hydrogen (secondary N) is 1. The molecule has 1 aliphatic heterocycles. The molecule has 4 nitrogen and oxygen atoms in total. The quantitative estimate of drug-likeness (QED) is 0.852. The normalized spacial score (nSPS) is 18.2. The van der Waals surface area contributed by atoms with E-state index in [1.165, 1.54) is 6.07 Å². The first-order valence-corrected chi connectivity index (χ1v) is 7.50. The molecule has 1 amide bonds.